The van der Waals surface area contributed by atoms with Crippen LogP contribution in [0.2, 0.25) is 0 Å². The van der Waals surface area contributed by atoms with E-state index in [0.29, 0.717) is 13.1 Å². The SMILES string of the molecule is CC(C)(O)CNCC(=O)N1CCc2ccccc2[C@H]1c1ccccc1. The van der Waals surface area contributed by atoms with Crippen LogP contribution in [0, 0.1) is 0 Å². The molecule has 132 valence electrons. The van der Waals surface area contributed by atoms with Gasteiger partial charge in [0.1, 0.15) is 0 Å². The first-order valence-electron chi connectivity index (χ1n) is 8.81. The van der Waals surface area contributed by atoms with Crippen molar-refractivity contribution in [3.8, 4) is 0 Å². The van der Waals surface area contributed by atoms with Gasteiger partial charge in [0.05, 0.1) is 18.2 Å². The summed E-state index contributed by atoms with van der Waals surface area (Å²) in [5, 5.41) is 12.9. The molecule has 1 aliphatic heterocycles. The van der Waals surface area contributed by atoms with Crippen molar-refractivity contribution < 1.29 is 9.90 Å². The molecule has 0 bridgehead atoms. The van der Waals surface area contributed by atoms with E-state index < -0.39 is 5.60 Å². The third-order valence-corrected chi connectivity index (χ3v) is 4.55. The highest BCUT2D eigenvalue weighted by Gasteiger charge is 2.31. The lowest BCUT2D eigenvalue weighted by Crippen LogP contribution is -2.46. The van der Waals surface area contributed by atoms with Crippen LogP contribution in [-0.4, -0.2) is 41.1 Å². The van der Waals surface area contributed by atoms with Crippen molar-refractivity contribution in [2.75, 3.05) is 19.6 Å². The second-order valence-electron chi connectivity index (χ2n) is 7.27. The number of hydrogen-bond donors (Lipinski definition) is 2. The zero-order chi connectivity index (χ0) is 17.9. The summed E-state index contributed by atoms with van der Waals surface area (Å²) in [5.41, 5.74) is 2.82. The molecule has 4 heteroatoms. The molecule has 3 rings (SSSR count). The van der Waals surface area contributed by atoms with Gasteiger partial charge in [-0.1, -0.05) is 54.6 Å². The van der Waals surface area contributed by atoms with E-state index in [2.05, 4.69) is 35.6 Å². The van der Waals surface area contributed by atoms with E-state index >= 15 is 0 Å². The first kappa shape index (κ1) is 17.6. The fourth-order valence-electron chi connectivity index (χ4n) is 3.41. The van der Waals surface area contributed by atoms with Crippen LogP contribution in [0.5, 0.6) is 0 Å². The molecule has 2 aromatic carbocycles. The molecule has 25 heavy (non-hydrogen) atoms. The maximum absolute atomic E-state index is 12.9. The minimum Gasteiger partial charge on any atom is -0.389 e. The van der Waals surface area contributed by atoms with E-state index in [1.165, 1.54) is 11.1 Å². The molecule has 0 spiro atoms. The summed E-state index contributed by atoms with van der Waals surface area (Å²) in [5.74, 6) is 0.0626. The Labute approximate surface area is 149 Å². The van der Waals surface area contributed by atoms with Crippen molar-refractivity contribution in [3.63, 3.8) is 0 Å². The van der Waals surface area contributed by atoms with Crippen molar-refractivity contribution in [1.29, 1.82) is 0 Å². The smallest absolute Gasteiger partial charge is 0.237 e. The predicted octanol–water partition coefficient (Wildman–Crippen LogP) is 2.52. The molecule has 0 aliphatic carbocycles. The monoisotopic (exact) mass is 338 g/mol. The molecule has 0 saturated heterocycles. The van der Waals surface area contributed by atoms with Crippen molar-refractivity contribution in [2.45, 2.75) is 31.9 Å². The van der Waals surface area contributed by atoms with Crippen LogP contribution >= 0.6 is 0 Å². The number of hydrogen-bond acceptors (Lipinski definition) is 3. The second kappa shape index (κ2) is 7.38. The number of nitrogens with zero attached hydrogens (tertiary/aromatic N) is 1. The van der Waals surface area contributed by atoms with Crippen molar-refractivity contribution in [1.82, 2.24) is 10.2 Å². The lowest BCUT2D eigenvalue weighted by atomic mass is 9.88. The molecule has 2 N–H and O–H groups in total. The maximum atomic E-state index is 12.9. The Morgan fingerprint density at radius 2 is 1.84 bits per heavy atom. The molecule has 1 heterocycles. The first-order valence-corrected chi connectivity index (χ1v) is 8.81. The van der Waals surface area contributed by atoms with Gasteiger partial charge in [0, 0.05) is 13.1 Å². The molecule has 0 aromatic heterocycles. The summed E-state index contributed by atoms with van der Waals surface area (Å²) in [4.78, 5) is 14.8. The van der Waals surface area contributed by atoms with Crippen molar-refractivity contribution >= 4 is 5.91 Å². The normalized spacial score (nSPS) is 17.2. The van der Waals surface area contributed by atoms with Crippen molar-refractivity contribution in [2.24, 2.45) is 0 Å². The molecule has 1 aliphatic rings. The molecular weight excluding hydrogens is 312 g/mol. The minimum atomic E-state index is -0.826. The fourth-order valence-corrected chi connectivity index (χ4v) is 3.41. The Kier molecular flexibility index (Phi) is 5.21. The molecule has 0 radical (unpaired) electrons. The number of benzene rings is 2. The van der Waals surface area contributed by atoms with Gasteiger partial charge < -0.3 is 15.3 Å². The van der Waals surface area contributed by atoms with Crippen LogP contribution in [0.3, 0.4) is 0 Å². The number of carbonyl (C=O) groups excluding carboxylic acids is 1. The summed E-state index contributed by atoms with van der Waals surface area (Å²) in [6.07, 6.45) is 0.872. The molecule has 2 aromatic rings. The van der Waals surface area contributed by atoms with Gasteiger partial charge in [-0.25, -0.2) is 0 Å². The van der Waals surface area contributed by atoms with E-state index in [1.807, 2.05) is 29.2 Å². The lowest BCUT2D eigenvalue weighted by Gasteiger charge is -2.38. The van der Waals surface area contributed by atoms with Gasteiger partial charge in [0.25, 0.3) is 0 Å². The van der Waals surface area contributed by atoms with Crippen LogP contribution in [0.25, 0.3) is 0 Å². The Hall–Kier alpha value is -2.17. The van der Waals surface area contributed by atoms with Gasteiger partial charge in [-0.2, -0.15) is 0 Å². The highest BCUT2D eigenvalue weighted by Crippen LogP contribution is 2.34. The van der Waals surface area contributed by atoms with Crippen molar-refractivity contribution in [3.05, 3.63) is 71.3 Å². The Bertz CT molecular complexity index is 722. The number of nitrogens with one attached hydrogen (secondary N) is 1. The Morgan fingerprint density at radius 1 is 1.16 bits per heavy atom. The molecular formula is C21H26N2O2. The summed E-state index contributed by atoms with van der Waals surface area (Å²) >= 11 is 0. The molecule has 0 fully saturated rings. The molecule has 1 atom stereocenters. The number of amides is 1. The van der Waals surface area contributed by atoms with Gasteiger partial charge >= 0.3 is 0 Å². The van der Waals surface area contributed by atoms with Gasteiger partial charge in [-0.15, -0.1) is 0 Å². The van der Waals surface area contributed by atoms with Crippen LogP contribution < -0.4 is 5.32 Å². The van der Waals surface area contributed by atoms with E-state index in [-0.39, 0.29) is 18.5 Å². The molecule has 0 unspecified atom stereocenters. The quantitative estimate of drug-likeness (QED) is 0.881. The van der Waals surface area contributed by atoms with E-state index in [0.717, 1.165) is 12.0 Å². The van der Waals surface area contributed by atoms with Gasteiger partial charge in [0.15, 0.2) is 0 Å². The second-order valence-corrected chi connectivity index (χ2v) is 7.27. The average Bonchev–Trinajstić information content (AvgIpc) is 2.60. The fraction of sp³-hybridized carbons (Fsp3) is 0.381. The van der Waals surface area contributed by atoms with Gasteiger partial charge in [-0.3, -0.25) is 4.79 Å². The summed E-state index contributed by atoms with van der Waals surface area (Å²) in [6.45, 7) is 4.79. The summed E-state index contributed by atoms with van der Waals surface area (Å²) < 4.78 is 0. The zero-order valence-corrected chi connectivity index (χ0v) is 14.9. The first-order chi connectivity index (χ1) is 12.0. The standard InChI is InChI=1S/C21H26N2O2/c1-21(2,25)15-22-14-19(24)23-13-12-16-8-6-7-11-18(16)20(23)17-9-4-3-5-10-17/h3-11,20,22,25H,12-15H2,1-2H3/t20-/m1/s1. The zero-order valence-electron chi connectivity index (χ0n) is 14.9. The Balaban J connectivity index is 1.84. The van der Waals surface area contributed by atoms with Crippen LogP contribution in [0.1, 0.15) is 36.6 Å². The third kappa shape index (κ3) is 4.27. The maximum Gasteiger partial charge on any atom is 0.237 e. The number of fused-ring (bicyclic) bond motifs is 1. The van der Waals surface area contributed by atoms with E-state index in [9.17, 15) is 9.90 Å². The predicted molar refractivity (Wildman–Crippen MR) is 99.3 cm³/mol. The highest BCUT2D eigenvalue weighted by molar-refractivity contribution is 5.79. The van der Waals surface area contributed by atoms with E-state index in [4.69, 9.17) is 0 Å². The summed E-state index contributed by atoms with van der Waals surface area (Å²) in [6, 6.07) is 18.5. The van der Waals surface area contributed by atoms with Gasteiger partial charge in [0.2, 0.25) is 5.91 Å². The largest absolute Gasteiger partial charge is 0.389 e. The lowest BCUT2D eigenvalue weighted by molar-refractivity contribution is -0.132. The number of aliphatic hydroxyl groups is 1. The molecule has 0 saturated carbocycles. The number of carbonyl (C=O) groups is 1. The third-order valence-electron chi connectivity index (χ3n) is 4.55. The highest BCUT2D eigenvalue weighted by atomic mass is 16.3. The Morgan fingerprint density at radius 3 is 2.56 bits per heavy atom. The average molecular weight is 338 g/mol. The number of rotatable bonds is 5. The van der Waals surface area contributed by atoms with E-state index in [1.54, 1.807) is 13.8 Å². The van der Waals surface area contributed by atoms with Gasteiger partial charge in [-0.05, 0) is 37.0 Å². The van der Waals surface area contributed by atoms with Crippen LogP contribution in [0.15, 0.2) is 54.6 Å². The van der Waals surface area contributed by atoms with Crippen LogP contribution in [-0.2, 0) is 11.2 Å². The molecule has 1 amide bonds. The summed E-state index contributed by atoms with van der Waals surface area (Å²) in [7, 11) is 0. The topological polar surface area (TPSA) is 52.6 Å². The molecule has 4 nitrogen and oxygen atoms in total. The van der Waals surface area contributed by atoms with Crippen LogP contribution in [0.4, 0.5) is 0 Å². The minimum absolute atomic E-state index is 0.0532.